The van der Waals surface area contributed by atoms with Gasteiger partial charge in [0.2, 0.25) is 0 Å². The van der Waals surface area contributed by atoms with Crippen LogP contribution in [-0.4, -0.2) is 45.9 Å². The lowest BCUT2D eigenvalue weighted by Crippen LogP contribution is -2.51. The number of hydrogen-bond acceptors (Lipinski definition) is 5. The Morgan fingerprint density at radius 3 is 2.39 bits per heavy atom. The summed E-state index contributed by atoms with van der Waals surface area (Å²) < 4.78 is 0. The maximum atomic E-state index is 13.0. The van der Waals surface area contributed by atoms with Crippen molar-refractivity contribution in [3.63, 3.8) is 0 Å². The number of amides is 4. The Hall–Kier alpha value is -3.70. The van der Waals surface area contributed by atoms with Gasteiger partial charge in [0, 0.05) is 12.6 Å². The molecule has 1 heterocycles. The second-order valence-electron chi connectivity index (χ2n) is 8.73. The zero-order valence-corrected chi connectivity index (χ0v) is 19.2. The molecule has 0 bridgehead atoms. The molecule has 0 saturated carbocycles. The largest absolute Gasteiger partial charge is 0.344 e. The van der Waals surface area contributed by atoms with Gasteiger partial charge in [0.1, 0.15) is 5.54 Å². The normalized spacial score (nSPS) is 17.9. The number of hydrogen-bond donors (Lipinski definition) is 2. The minimum Gasteiger partial charge on any atom is -0.322 e. The molecule has 33 heavy (non-hydrogen) atoms. The molecule has 8 nitrogen and oxygen atoms in total. The van der Waals surface area contributed by atoms with Crippen molar-refractivity contribution in [1.82, 2.24) is 20.7 Å². The summed E-state index contributed by atoms with van der Waals surface area (Å²) in [7, 11) is 0. The van der Waals surface area contributed by atoms with E-state index in [0.29, 0.717) is 24.9 Å². The molecule has 0 aliphatic carbocycles. The highest BCUT2D eigenvalue weighted by Crippen LogP contribution is 2.22. The molecule has 0 spiro atoms. The van der Waals surface area contributed by atoms with Gasteiger partial charge in [-0.15, -0.1) is 0 Å². The number of carbonyl (C=O) groups excluding carboxylic acids is 3. The Morgan fingerprint density at radius 1 is 1.12 bits per heavy atom. The van der Waals surface area contributed by atoms with Gasteiger partial charge in [0.05, 0.1) is 18.2 Å². The molecule has 2 N–H and O–H groups in total. The van der Waals surface area contributed by atoms with Crippen LogP contribution in [0.5, 0.6) is 0 Å². The van der Waals surface area contributed by atoms with E-state index in [2.05, 4.69) is 16.8 Å². The van der Waals surface area contributed by atoms with Crippen LogP contribution in [0.25, 0.3) is 0 Å². The number of rotatable bonds is 9. The summed E-state index contributed by atoms with van der Waals surface area (Å²) >= 11 is 0. The van der Waals surface area contributed by atoms with Gasteiger partial charge in [-0.1, -0.05) is 42.5 Å². The molecule has 2 aromatic rings. The molecular formula is C25H29N5O3. The Labute approximate surface area is 194 Å². The van der Waals surface area contributed by atoms with Crippen LogP contribution in [0.1, 0.15) is 43.9 Å². The molecule has 4 amide bonds. The van der Waals surface area contributed by atoms with Crippen LogP contribution in [0.2, 0.25) is 0 Å². The molecule has 1 aliphatic heterocycles. The van der Waals surface area contributed by atoms with Gasteiger partial charge in [0.15, 0.2) is 0 Å². The number of aryl methyl sites for hydroxylation is 1. The maximum Gasteiger partial charge on any atom is 0.344 e. The smallest absolute Gasteiger partial charge is 0.322 e. The third-order valence-corrected chi connectivity index (χ3v) is 5.80. The third kappa shape index (κ3) is 5.96. The maximum absolute atomic E-state index is 13.0. The topological polar surface area (TPSA) is 106 Å². The average Bonchev–Trinajstić information content (AvgIpc) is 3.01. The van der Waals surface area contributed by atoms with Crippen molar-refractivity contribution in [2.24, 2.45) is 0 Å². The molecule has 0 aromatic heterocycles. The van der Waals surface area contributed by atoms with Crippen molar-refractivity contribution in [2.75, 3.05) is 6.54 Å². The summed E-state index contributed by atoms with van der Waals surface area (Å²) in [5.74, 6) is -0.923. The summed E-state index contributed by atoms with van der Waals surface area (Å²) in [5.41, 5.74) is 3.98. The number of nitriles is 1. The first-order chi connectivity index (χ1) is 15.7. The minimum absolute atomic E-state index is 0.00938. The Balaban J connectivity index is 1.60. The first-order valence-electron chi connectivity index (χ1n) is 10.9. The van der Waals surface area contributed by atoms with E-state index < -0.39 is 23.4 Å². The lowest BCUT2D eigenvalue weighted by molar-refractivity contribution is -0.139. The summed E-state index contributed by atoms with van der Waals surface area (Å²) in [4.78, 5) is 40.0. The zero-order valence-electron chi connectivity index (χ0n) is 19.2. The summed E-state index contributed by atoms with van der Waals surface area (Å²) in [6, 6.07) is 18.4. The SMILES string of the molecule is CC(C)N(CC(=O)NN1C(=O)NC(C)(CCc2ccccc2)C1=O)Cc1ccc(C#N)cc1. The first-order valence-corrected chi connectivity index (χ1v) is 10.9. The van der Waals surface area contributed by atoms with Crippen LogP contribution in [0.3, 0.4) is 0 Å². The van der Waals surface area contributed by atoms with Crippen molar-refractivity contribution in [2.45, 2.75) is 51.7 Å². The molecule has 1 unspecified atom stereocenters. The molecule has 1 fully saturated rings. The summed E-state index contributed by atoms with van der Waals surface area (Å²) in [6.07, 6.45) is 1.04. The van der Waals surface area contributed by atoms with Crippen molar-refractivity contribution in [1.29, 1.82) is 5.26 Å². The number of nitrogens with one attached hydrogen (secondary N) is 2. The van der Waals surface area contributed by atoms with E-state index in [9.17, 15) is 14.4 Å². The zero-order chi connectivity index (χ0) is 24.0. The minimum atomic E-state index is -1.08. The predicted octanol–water partition coefficient (Wildman–Crippen LogP) is 2.74. The van der Waals surface area contributed by atoms with E-state index in [1.54, 1.807) is 19.1 Å². The quantitative estimate of drug-likeness (QED) is 0.575. The van der Waals surface area contributed by atoms with Gasteiger partial charge >= 0.3 is 6.03 Å². The number of benzene rings is 2. The fourth-order valence-electron chi connectivity index (χ4n) is 3.68. The van der Waals surface area contributed by atoms with E-state index in [-0.39, 0.29) is 12.6 Å². The standard InChI is InChI=1S/C25H29N5O3/c1-18(2)29(16-21-11-9-20(15-26)10-12-21)17-22(31)28-30-23(32)25(3,27-24(30)33)14-13-19-7-5-4-6-8-19/h4-12,18H,13-14,16-17H2,1-3H3,(H,27,33)(H,28,31). The highest BCUT2D eigenvalue weighted by Gasteiger charge is 2.48. The summed E-state index contributed by atoms with van der Waals surface area (Å²) in [5, 5.41) is 12.4. The number of imide groups is 1. The molecule has 2 aromatic carbocycles. The van der Waals surface area contributed by atoms with Crippen molar-refractivity contribution in [3.05, 3.63) is 71.3 Å². The van der Waals surface area contributed by atoms with Crippen LogP contribution in [0, 0.1) is 11.3 Å². The third-order valence-electron chi connectivity index (χ3n) is 5.80. The molecule has 3 rings (SSSR count). The first kappa shape index (κ1) is 24.0. The van der Waals surface area contributed by atoms with Crippen molar-refractivity contribution >= 4 is 17.8 Å². The predicted molar refractivity (Wildman–Crippen MR) is 123 cm³/mol. The molecule has 172 valence electrons. The van der Waals surface area contributed by atoms with Crippen LogP contribution in [0.4, 0.5) is 4.79 Å². The fraction of sp³-hybridized carbons (Fsp3) is 0.360. The fourth-order valence-corrected chi connectivity index (χ4v) is 3.68. The molecule has 8 heteroatoms. The summed E-state index contributed by atoms with van der Waals surface area (Å²) in [6.45, 7) is 6.10. The van der Waals surface area contributed by atoms with Crippen molar-refractivity contribution < 1.29 is 14.4 Å². The number of urea groups is 1. The number of nitrogens with zero attached hydrogens (tertiary/aromatic N) is 3. The number of hydrazine groups is 1. The Kier molecular flexibility index (Phi) is 7.46. The highest BCUT2D eigenvalue weighted by atomic mass is 16.2. The van der Waals surface area contributed by atoms with E-state index >= 15 is 0 Å². The van der Waals surface area contributed by atoms with Crippen LogP contribution >= 0.6 is 0 Å². The van der Waals surface area contributed by atoms with Gasteiger partial charge in [0.25, 0.3) is 11.8 Å². The lowest BCUT2D eigenvalue weighted by Gasteiger charge is -2.27. The molecule has 1 atom stereocenters. The van der Waals surface area contributed by atoms with Crippen molar-refractivity contribution in [3.8, 4) is 6.07 Å². The Bertz CT molecular complexity index is 1050. The molecule has 1 aliphatic rings. The van der Waals surface area contributed by atoms with Crippen LogP contribution in [0.15, 0.2) is 54.6 Å². The van der Waals surface area contributed by atoms with E-state index in [1.807, 2.05) is 61.2 Å². The highest BCUT2D eigenvalue weighted by molar-refractivity contribution is 6.07. The average molecular weight is 448 g/mol. The Morgan fingerprint density at radius 2 is 1.79 bits per heavy atom. The number of carbonyl (C=O) groups is 3. The van der Waals surface area contributed by atoms with Gasteiger partial charge in [-0.2, -0.15) is 10.3 Å². The second-order valence-corrected chi connectivity index (χ2v) is 8.73. The van der Waals surface area contributed by atoms with Gasteiger partial charge in [-0.25, -0.2) is 4.79 Å². The van der Waals surface area contributed by atoms with E-state index in [4.69, 9.17) is 5.26 Å². The molecule has 1 saturated heterocycles. The monoisotopic (exact) mass is 447 g/mol. The van der Waals surface area contributed by atoms with Gasteiger partial charge in [-0.3, -0.25) is 19.9 Å². The molecule has 0 radical (unpaired) electrons. The molecular weight excluding hydrogens is 418 g/mol. The van der Waals surface area contributed by atoms with Crippen LogP contribution in [-0.2, 0) is 22.6 Å². The second kappa shape index (κ2) is 10.3. The lowest BCUT2D eigenvalue weighted by atomic mass is 9.93. The van der Waals surface area contributed by atoms with Crippen LogP contribution < -0.4 is 10.7 Å². The van der Waals surface area contributed by atoms with E-state index in [0.717, 1.165) is 16.1 Å². The van der Waals surface area contributed by atoms with Gasteiger partial charge in [-0.05, 0) is 56.9 Å². The van der Waals surface area contributed by atoms with E-state index in [1.165, 1.54) is 0 Å². The van der Waals surface area contributed by atoms with Gasteiger partial charge < -0.3 is 5.32 Å².